The lowest BCUT2D eigenvalue weighted by molar-refractivity contribution is -0.294. The lowest BCUT2D eigenvalue weighted by Crippen LogP contribution is -2.69. The smallest absolute Gasteiger partial charge is 0.235 e. The summed E-state index contributed by atoms with van der Waals surface area (Å²) < 4.78 is 11.0. The van der Waals surface area contributed by atoms with Crippen molar-refractivity contribution in [2.75, 3.05) is 13.2 Å². The van der Waals surface area contributed by atoms with E-state index in [-0.39, 0.29) is 43.8 Å². The van der Waals surface area contributed by atoms with Crippen LogP contribution in [-0.4, -0.2) is 53.0 Å². The van der Waals surface area contributed by atoms with Crippen molar-refractivity contribution in [3.05, 3.63) is 0 Å². The molecule has 3 aliphatic rings. The highest BCUT2D eigenvalue weighted by Crippen LogP contribution is 2.48. The van der Waals surface area contributed by atoms with Crippen LogP contribution in [0.1, 0.15) is 19.8 Å². The maximum atomic E-state index is 12.5. The number of amides is 1. The Labute approximate surface area is 116 Å². The zero-order valence-corrected chi connectivity index (χ0v) is 11.1. The van der Waals surface area contributed by atoms with Crippen LogP contribution < -0.4 is 0 Å². The lowest BCUT2D eigenvalue weighted by Gasteiger charge is -2.52. The van der Waals surface area contributed by atoms with Crippen LogP contribution >= 0.6 is 0 Å². The Morgan fingerprint density at radius 2 is 2.40 bits per heavy atom. The molecule has 108 valence electrons. The van der Waals surface area contributed by atoms with Gasteiger partial charge in [0.1, 0.15) is 11.7 Å². The molecule has 0 aromatic carbocycles. The largest absolute Gasteiger partial charge is 0.366 e. The Morgan fingerprint density at radius 3 is 3.05 bits per heavy atom. The van der Waals surface area contributed by atoms with E-state index in [0.29, 0.717) is 0 Å². The van der Waals surface area contributed by atoms with E-state index >= 15 is 0 Å². The van der Waals surface area contributed by atoms with Crippen molar-refractivity contribution in [1.29, 1.82) is 5.26 Å². The molecule has 0 aromatic rings. The molecule has 3 heterocycles. The summed E-state index contributed by atoms with van der Waals surface area (Å²) >= 11 is 0. The second-order valence-electron chi connectivity index (χ2n) is 5.57. The first-order chi connectivity index (χ1) is 9.49. The molecule has 7 heteroatoms. The Morgan fingerprint density at radius 1 is 1.65 bits per heavy atom. The molecule has 0 aromatic heterocycles. The number of fused-ring (bicyclic) bond motifs is 6. The summed E-state index contributed by atoms with van der Waals surface area (Å²) in [5.74, 6) is -1.84. The standard InChI is InChI=1S/C13H16N2O5/c1-7(16)10-8-5-13(18,12-19-6-9(8)20-12)15(11(10)17)4-2-3-14/h8-10,12,18H,2,4-6H2,1H3/t8-,9+,10-,12+,13-/m0/s1. The van der Waals surface area contributed by atoms with Gasteiger partial charge in [0.15, 0.2) is 5.72 Å². The van der Waals surface area contributed by atoms with E-state index in [1.165, 1.54) is 11.8 Å². The van der Waals surface area contributed by atoms with Crippen LogP contribution in [0.5, 0.6) is 0 Å². The third-order valence-electron chi connectivity index (χ3n) is 4.41. The lowest BCUT2D eigenvalue weighted by atomic mass is 9.73. The van der Waals surface area contributed by atoms with Gasteiger partial charge >= 0.3 is 0 Å². The van der Waals surface area contributed by atoms with E-state index in [0.717, 1.165) is 0 Å². The third-order valence-corrected chi connectivity index (χ3v) is 4.41. The van der Waals surface area contributed by atoms with Crippen LogP contribution in [0.3, 0.4) is 0 Å². The number of carbonyl (C=O) groups excluding carboxylic acids is 2. The van der Waals surface area contributed by atoms with E-state index in [9.17, 15) is 14.7 Å². The molecule has 5 atom stereocenters. The first-order valence-corrected chi connectivity index (χ1v) is 6.67. The number of hydrogen-bond donors (Lipinski definition) is 1. The van der Waals surface area contributed by atoms with Crippen LogP contribution in [0.15, 0.2) is 0 Å². The highest BCUT2D eigenvalue weighted by molar-refractivity contribution is 6.01. The molecule has 0 aliphatic carbocycles. The predicted molar refractivity (Wildman–Crippen MR) is 63.8 cm³/mol. The number of nitrogens with zero attached hydrogens (tertiary/aromatic N) is 2. The van der Waals surface area contributed by atoms with E-state index in [1.807, 2.05) is 6.07 Å². The van der Waals surface area contributed by atoms with Crippen LogP contribution in [-0.2, 0) is 19.1 Å². The minimum Gasteiger partial charge on any atom is -0.366 e. The normalized spacial score (nSPS) is 42.5. The highest BCUT2D eigenvalue weighted by Gasteiger charge is 2.64. The van der Waals surface area contributed by atoms with Crippen molar-refractivity contribution in [2.24, 2.45) is 11.8 Å². The van der Waals surface area contributed by atoms with Gasteiger partial charge in [-0.15, -0.1) is 0 Å². The van der Waals surface area contributed by atoms with Gasteiger partial charge in [-0.3, -0.25) is 9.59 Å². The zero-order chi connectivity index (χ0) is 14.5. The van der Waals surface area contributed by atoms with Crippen LogP contribution in [0.2, 0.25) is 0 Å². The molecule has 20 heavy (non-hydrogen) atoms. The molecule has 3 saturated heterocycles. The van der Waals surface area contributed by atoms with Gasteiger partial charge in [-0.05, 0) is 6.92 Å². The topological polar surface area (TPSA) is 99.9 Å². The summed E-state index contributed by atoms with van der Waals surface area (Å²) in [6.45, 7) is 1.72. The van der Waals surface area contributed by atoms with E-state index in [1.54, 1.807) is 0 Å². The van der Waals surface area contributed by atoms with Gasteiger partial charge < -0.3 is 19.5 Å². The molecular formula is C13H16N2O5. The number of hydrogen-bond acceptors (Lipinski definition) is 6. The fourth-order valence-electron chi connectivity index (χ4n) is 3.51. The summed E-state index contributed by atoms with van der Waals surface area (Å²) in [6.07, 6.45) is -0.876. The number of likely N-dealkylation sites (tertiary alicyclic amines) is 1. The predicted octanol–water partition coefficient (Wildman–Crippen LogP) is -0.603. The average molecular weight is 280 g/mol. The maximum Gasteiger partial charge on any atom is 0.235 e. The van der Waals surface area contributed by atoms with E-state index in [4.69, 9.17) is 14.7 Å². The number of ether oxygens (including phenoxy) is 2. The maximum absolute atomic E-state index is 12.5. The number of ketones is 1. The summed E-state index contributed by atoms with van der Waals surface area (Å²) in [6, 6.07) is 1.94. The minimum atomic E-state index is -1.57. The number of nitriles is 1. The third kappa shape index (κ3) is 1.69. The molecule has 0 spiro atoms. The molecule has 3 fully saturated rings. The summed E-state index contributed by atoms with van der Waals surface area (Å²) in [5.41, 5.74) is -1.57. The first kappa shape index (κ1) is 13.5. The monoisotopic (exact) mass is 280 g/mol. The summed E-state index contributed by atoms with van der Waals surface area (Å²) in [4.78, 5) is 25.5. The molecule has 1 amide bonds. The number of piperidine rings is 1. The van der Waals surface area contributed by atoms with Crippen molar-refractivity contribution in [1.82, 2.24) is 4.90 Å². The zero-order valence-electron chi connectivity index (χ0n) is 11.1. The van der Waals surface area contributed by atoms with Gasteiger partial charge in [0.05, 0.1) is 25.2 Å². The molecule has 3 aliphatic heterocycles. The van der Waals surface area contributed by atoms with Crippen molar-refractivity contribution in [2.45, 2.75) is 37.9 Å². The average Bonchev–Trinajstić information content (AvgIpc) is 2.83. The van der Waals surface area contributed by atoms with Crippen molar-refractivity contribution < 1.29 is 24.2 Å². The van der Waals surface area contributed by atoms with Crippen molar-refractivity contribution in [3.8, 4) is 6.07 Å². The Bertz CT molecular complexity index is 501. The van der Waals surface area contributed by atoms with Crippen LogP contribution in [0.4, 0.5) is 0 Å². The molecule has 0 unspecified atom stereocenters. The molecule has 7 nitrogen and oxygen atoms in total. The van der Waals surface area contributed by atoms with Crippen LogP contribution in [0, 0.1) is 23.2 Å². The first-order valence-electron chi connectivity index (χ1n) is 6.67. The van der Waals surface area contributed by atoms with Gasteiger partial charge in [-0.2, -0.15) is 5.26 Å². The second kappa shape index (κ2) is 4.52. The quantitative estimate of drug-likeness (QED) is 0.693. The van der Waals surface area contributed by atoms with E-state index in [2.05, 4.69) is 0 Å². The second-order valence-corrected chi connectivity index (χ2v) is 5.57. The fraction of sp³-hybridized carbons (Fsp3) is 0.769. The molecule has 0 radical (unpaired) electrons. The van der Waals surface area contributed by atoms with Gasteiger partial charge in [-0.25, -0.2) is 0 Å². The van der Waals surface area contributed by atoms with Gasteiger partial charge in [-0.1, -0.05) is 0 Å². The van der Waals surface area contributed by atoms with Crippen molar-refractivity contribution >= 4 is 11.7 Å². The molecule has 1 N–H and O–H groups in total. The fourth-order valence-corrected chi connectivity index (χ4v) is 3.51. The Balaban J connectivity index is 1.99. The minimum absolute atomic E-state index is 0.0657. The van der Waals surface area contributed by atoms with Crippen molar-refractivity contribution in [3.63, 3.8) is 0 Å². The Hall–Kier alpha value is -1.49. The van der Waals surface area contributed by atoms with Crippen LogP contribution in [0.25, 0.3) is 0 Å². The Kier molecular flexibility index (Phi) is 3.05. The number of Topliss-reactive ketones (excluding diaryl/α,β-unsaturated/α-hetero) is 1. The highest BCUT2D eigenvalue weighted by atomic mass is 16.7. The summed E-state index contributed by atoms with van der Waals surface area (Å²) in [7, 11) is 0. The molecule has 0 saturated carbocycles. The van der Waals surface area contributed by atoms with Gasteiger partial charge in [0, 0.05) is 18.9 Å². The molecular weight excluding hydrogens is 264 g/mol. The molecule has 3 rings (SSSR count). The number of rotatable bonds is 3. The number of carbonyl (C=O) groups is 2. The number of aliphatic hydroxyl groups is 1. The van der Waals surface area contributed by atoms with Gasteiger partial charge in [0.25, 0.3) is 0 Å². The molecule has 4 bridgehead atoms. The SMILES string of the molecule is CC(=O)[C@@H]1C(=O)N(CCC#N)[C@]2(O)C[C@H]1[C@H]1CO[C@@H]2O1. The van der Waals surface area contributed by atoms with E-state index < -0.39 is 23.8 Å². The summed E-state index contributed by atoms with van der Waals surface area (Å²) in [5, 5.41) is 19.5. The van der Waals surface area contributed by atoms with Gasteiger partial charge in [0.2, 0.25) is 12.2 Å².